The Morgan fingerprint density at radius 3 is 2.81 bits per heavy atom. The summed E-state index contributed by atoms with van der Waals surface area (Å²) in [6, 6.07) is 0. The Balaban J connectivity index is 2.58. The largest absolute Gasteiger partial charge is 0.463 e. The molecule has 1 heterocycles. The molecule has 0 saturated heterocycles. The molecule has 1 atom stereocenters. The highest BCUT2D eigenvalue weighted by Gasteiger charge is 2.19. The number of nitrogens with zero attached hydrogens (tertiary/aromatic N) is 4. The maximum atomic E-state index is 11.4. The third-order valence-corrected chi connectivity index (χ3v) is 2.30. The summed E-state index contributed by atoms with van der Waals surface area (Å²) in [5, 5.41) is 10.8. The zero-order chi connectivity index (χ0) is 12.1. The number of hydrogen-bond donors (Lipinski definition) is 1. The van der Waals surface area contributed by atoms with E-state index in [1.807, 2.05) is 20.8 Å². The van der Waals surface area contributed by atoms with Crippen LogP contribution in [0.5, 0.6) is 0 Å². The summed E-state index contributed by atoms with van der Waals surface area (Å²) in [5.41, 5.74) is 0. The van der Waals surface area contributed by atoms with Gasteiger partial charge in [-0.15, -0.1) is 5.10 Å². The molecule has 7 heteroatoms. The van der Waals surface area contributed by atoms with Gasteiger partial charge in [0.2, 0.25) is 0 Å². The second-order valence-corrected chi connectivity index (χ2v) is 4.23. The molecule has 0 aliphatic rings. The van der Waals surface area contributed by atoms with E-state index in [0.29, 0.717) is 12.4 Å². The van der Waals surface area contributed by atoms with Gasteiger partial charge in [-0.2, -0.15) is 12.6 Å². The first kappa shape index (κ1) is 13.0. The minimum Gasteiger partial charge on any atom is -0.463 e. The molecule has 0 amide bonds. The van der Waals surface area contributed by atoms with Crippen molar-refractivity contribution >= 4 is 18.6 Å². The molecule has 1 rings (SSSR count). The number of carbonyl (C=O) groups excluding carboxylic acids is 1. The predicted molar refractivity (Wildman–Crippen MR) is 61.1 cm³/mol. The van der Waals surface area contributed by atoms with Crippen molar-refractivity contribution in [2.75, 3.05) is 0 Å². The summed E-state index contributed by atoms with van der Waals surface area (Å²) < 4.78 is 6.64. The predicted octanol–water partition coefficient (Wildman–Crippen LogP) is 1.01. The van der Waals surface area contributed by atoms with E-state index in [4.69, 9.17) is 4.74 Å². The molecule has 0 N–H and O–H groups in total. The lowest BCUT2D eigenvalue weighted by Crippen LogP contribution is -2.15. The zero-order valence-electron chi connectivity index (χ0n) is 9.62. The van der Waals surface area contributed by atoms with Crippen LogP contribution in [0, 0.1) is 0 Å². The number of hydrogen-bond acceptors (Lipinski definition) is 6. The first-order chi connectivity index (χ1) is 7.54. The Morgan fingerprint density at radius 1 is 1.56 bits per heavy atom. The molecule has 0 aliphatic heterocycles. The van der Waals surface area contributed by atoms with Crippen LogP contribution in [0.4, 0.5) is 0 Å². The highest BCUT2D eigenvalue weighted by Crippen LogP contribution is 2.21. The molecular formula is C9H16N4O2S. The molecular weight excluding hydrogens is 228 g/mol. The number of carbonyl (C=O) groups is 1. The topological polar surface area (TPSA) is 69.9 Å². The molecule has 0 aromatic carbocycles. The summed E-state index contributed by atoms with van der Waals surface area (Å²) in [4.78, 5) is 11.4. The normalized spacial score (nSPS) is 12.8. The molecule has 90 valence electrons. The lowest BCUT2D eigenvalue weighted by Gasteiger charge is -2.11. The summed E-state index contributed by atoms with van der Waals surface area (Å²) in [6.45, 7) is 6.19. The van der Waals surface area contributed by atoms with E-state index in [1.54, 1.807) is 4.68 Å². The fourth-order valence-corrected chi connectivity index (χ4v) is 1.57. The Labute approximate surface area is 99.8 Å². The molecule has 1 aromatic rings. The Kier molecular flexibility index (Phi) is 4.72. The van der Waals surface area contributed by atoms with Crippen molar-refractivity contribution in [2.24, 2.45) is 0 Å². The van der Waals surface area contributed by atoms with Gasteiger partial charge in [-0.25, -0.2) is 4.68 Å². The Hall–Kier alpha value is -1.11. The van der Waals surface area contributed by atoms with Crippen LogP contribution >= 0.6 is 12.6 Å². The van der Waals surface area contributed by atoms with Gasteiger partial charge in [-0.05, 0) is 31.2 Å². The number of thiol groups is 1. The minimum absolute atomic E-state index is 0.116. The van der Waals surface area contributed by atoms with Gasteiger partial charge in [0.15, 0.2) is 5.82 Å². The van der Waals surface area contributed by atoms with Gasteiger partial charge in [0.05, 0.1) is 17.8 Å². The summed E-state index contributed by atoms with van der Waals surface area (Å²) in [5.74, 6) is 0.298. The molecule has 0 bridgehead atoms. The molecule has 1 unspecified atom stereocenters. The van der Waals surface area contributed by atoms with E-state index in [1.165, 1.54) is 0 Å². The van der Waals surface area contributed by atoms with Gasteiger partial charge in [0.25, 0.3) is 0 Å². The molecule has 0 aliphatic carbocycles. The van der Waals surface area contributed by atoms with Crippen LogP contribution in [0.3, 0.4) is 0 Å². The van der Waals surface area contributed by atoms with Gasteiger partial charge in [-0.1, -0.05) is 0 Å². The zero-order valence-corrected chi connectivity index (χ0v) is 10.5. The van der Waals surface area contributed by atoms with Crippen molar-refractivity contribution in [3.05, 3.63) is 5.82 Å². The lowest BCUT2D eigenvalue weighted by molar-refractivity contribution is -0.147. The Morgan fingerprint density at radius 2 is 2.25 bits per heavy atom. The number of tetrazole rings is 1. The van der Waals surface area contributed by atoms with E-state index < -0.39 is 0 Å². The van der Waals surface area contributed by atoms with Crippen molar-refractivity contribution in [1.29, 1.82) is 0 Å². The average molecular weight is 244 g/mol. The Bertz CT molecular complexity index is 353. The smallest absolute Gasteiger partial charge is 0.307 e. The van der Waals surface area contributed by atoms with Crippen molar-refractivity contribution in [1.82, 2.24) is 20.2 Å². The SMILES string of the molecule is CCn1nnnc1C(S)CC(=O)OC(C)C. The second-order valence-electron chi connectivity index (χ2n) is 3.61. The van der Waals surface area contributed by atoms with Crippen LogP contribution in [0.2, 0.25) is 0 Å². The average Bonchev–Trinajstić information content (AvgIpc) is 2.63. The van der Waals surface area contributed by atoms with Gasteiger partial charge >= 0.3 is 5.97 Å². The van der Waals surface area contributed by atoms with E-state index in [0.717, 1.165) is 0 Å². The summed E-state index contributed by atoms with van der Waals surface area (Å²) >= 11 is 4.31. The van der Waals surface area contributed by atoms with E-state index >= 15 is 0 Å². The fraction of sp³-hybridized carbons (Fsp3) is 0.778. The maximum Gasteiger partial charge on any atom is 0.307 e. The molecule has 0 spiro atoms. The van der Waals surface area contributed by atoms with Gasteiger partial charge in [0.1, 0.15) is 0 Å². The molecule has 1 aromatic heterocycles. The minimum atomic E-state index is -0.332. The fourth-order valence-electron chi connectivity index (χ4n) is 1.24. The van der Waals surface area contributed by atoms with E-state index in [-0.39, 0.29) is 23.7 Å². The molecule has 6 nitrogen and oxygen atoms in total. The summed E-state index contributed by atoms with van der Waals surface area (Å²) in [6.07, 6.45) is 0.0528. The van der Waals surface area contributed by atoms with Crippen molar-refractivity contribution in [2.45, 2.75) is 45.1 Å². The van der Waals surface area contributed by atoms with E-state index in [2.05, 4.69) is 28.2 Å². The monoisotopic (exact) mass is 244 g/mol. The van der Waals surface area contributed by atoms with Crippen LogP contribution in [0.15, 0.2) is 0 Å². The molecule has 0 saturated carbocycles. The highest BCUT2D eigenvalue weighted by molar-refractivity contribution is 7.80. The van der Waals surface area contributed by atoms with Crippen LogP contribution in [0.25, 0.3) is 0 Å². The van der Waals surface area contributed by atoms with Crippen molar-refractivity contribution in [3.63, 3.8) is 0 Å². The molecule has 0 fully saturated rings. The van der Waals surface area contributed by atoms with Gasteiger partial charge in [-0.3, -0.25) is 4.79 Å². The quantitative estimate of drug-likeness (QED) is 0.618. The van der Waals surface area contributed by atoms with Gasteiger partial charge < -0.3 is 4.74 Å². The second kappa shape index (κ2) is 5.83. The summed E-state index contributed by atoms with van der Waals surface area (Å²) in [7, 11) is 0. The maximum absolute atomic E-state index is 11.4. The third-order valence-electron chi connectivity index (χ3n) is 1.88. The first-order valence-electron chi connectivity index (χ1n) is 5.18. The molecule has 0 radical (unpaired) electrons. The number of aromatic nitrogens is 4. The van der Waals surface area contributed by atoms with Crippen LogP contribution in [-0.2, 0) is 16.1 Å². The van der Waals surface area contributed by atoms with Crippen molar-refractivity contribution < 1.29 is 9.53 Å². The van der Waals surface area contributed by atoms with Crippen LogP contribution in [-0.4, -0.2) is 32.3 Å². The van der Waals surface area contributed by atoms with Gasteiger partial charge in [0, 0.05) is 6.54 Å². The number of esters is 1. The van der Waals surface area contributed by atoms with E-state index in [9.17, 15) is 4.79 Å². The lowest BCUT2D eigenvalue weighted by atomic mass is 10.3. The first-order valence-corrected chi connectivity index (χ1v) is 5.69. The van der Waals surface area contributed by atoms with Crippen LogP contribution in [0.1, 0.15) is 38.3 Å². The number of ether oxygens (including phenoxy) is 1. The molecule has 16 heavy (non-hydrogen) atoms. The van der Waals surface area contributed by atoms with Crippen LogP contribution < -0.4 is 0 Å². The van der Waals surface area contributed by atoms with Crippen molar-refractivity contribution in [3.8, 4) is 0 Å². The number of rotatable bonds is 5. The number of aryl methyl sites for hydroxylation is 1. The standard InChI is InChI=1S/C9H16N4O2S/c1-4-13-9(10-11-12-13)7(16)5-8(14)15-6(2)3/h6-7,16H,4-5H2,1-3H3. The third kappa shape index (κ3) is 3.48. The highest BCUT2D eigenvalue weighted by atomic mass is 32.1.